The molecule has 6 heteroatoms. The second-order valence-electron chi connectivity index (χ2n) is 4.64. The third kappa shape index (κ3) is 2.58. The van der Waals surface area contributed by atoms with Gasteiger partial charge in [-0.3, -0.25) is 14.9 Å². The Bertz CT molecular complexity index is 503. The first-order valence-corrected chi connectivity index (χ1v) is 6.27. The lowest BCUT2D eigenvalue weighted by atomic mass is 10.1. The van der Waals surface area contributed by atoms with E-state index in [2.05, 4.69) is 15.6 Å². The van der Waals surface area contributed by atoms with Crippen LogP contribution in [0.2, 0.25) is 0 Å². The largest absolute Gasteiger partial charge is 0.335 e. The molecule has 2 atom stereocenters. The quantitative estimate of drug-likeness (QED) is 0.762. The zero-order chi connectivity index (χ0) is 14.0. The third-order valence-corrected chi connectivity index (χ3v) is 3.41. The molecule has 0 spiro atoms. The number of amides is 2. The zero-order valence-corrected chi connectivity index (χ0v) is 11.3. The van der Waals surface area contributed by atoms with Crippen LogP contribution in [0.5, 0.6) is 0 Å². The smallest absolute Gasteiger partial charge is 0.249 e. The molecule has 1 aromatic heterocycles. The average molecular weight is 262 g/mol. The minimum absolute atomic E-state index is 0.0935. The number of carbonyl (C=O) groups excluding carboxylic acids is 2. The van der Waals surface area contributed by atoms with Crippen molar-refractivity contribution in [3.63, 3.8) is 0 Å². The van der Waals surface area contributed by atoms with E-state index in [0.29, 0.717) is 5.82 Å². The Balaban J connectivity index is 2.40. The summed E-state index contributed by atoms with van der Waals surface area (Å²) in [6.07, 6.45) is 1.67. The molecule has 102 valence electrons. The Kier molecular flexibility index (Phi) is 3.80. The Labute approximate surface area is 112 Å². The van der Waals surface area contributed by atoms with Gasteiger partial charge in [0.25, 0.3) is 0 Å². The number of hydrogen-bond acceptors (Lipinski definition) is 5. The average Bonchev–Trinajstić information content (AvgIpc) is 2.42. The van der Waals surface area contributed by atoms with Gasteiger partial charge < -0.3 is 10.2 Å². The van der Waals surface area contributed by atoms with E-state index in [1.165, 1.54) is 0 Å². The van der Waals surface area contributed by atoms with Crippen molar-refractivity contribution in [2.45, 2.75) is 25.9 Å². The number of nitrogens with one attached hydrogen (secondary N) is 2. The van der Waals surface area contributed by atoms with E-state index >= 15 is 0 Å². The number of hydrogen-bond donors (Lipinski definition) is 2. The number of pyridine rings is 1. The van der Waals surface area contributed by atoms with E-state index < -0.39 is 6.04 Å². The van der Waals surface area contributed by atoms with Gasteiger partial charge in [0.1, 0.15) is 11.9 Å². The van der Waals surface area contributed by atoms with Gasteiger partial charge in [-0.1, -0.05) is 6.07 Å². The van der Waals surface area contributed by atoms with Crippen molar-refractivity contribution in [1.29, 1.82) is 0 Å². The number of rotatable bonds is 3. The molecule has 1 aliphatic rings. The summed E-state index contributed by atoms with van der Waals surface area (Å²) in [5.74, 6) is 0.0989. The van der Waals surface area contributed by atoms with Gasteiger partial charge in [0, 0.05) is 17.8 Å². The highest BCUT2D eigenvalue weighted by Crippen LogP contribution is 2.26. The summed E-state index contributed by atoms with van der Waals surface area (Å²) >= 11 is 0. The molecular formula is C13H18N4O2. The van der Waals surface area contributed by atoms with E-state index in [4.69, 9.17) is 0 Å². The molecule has 2 amide bonds. The lowest BCUT2D eigenvalue weighted by molar-refractivity contribution is -0.132. The van der Waals surface area contributed by atoms with Crippen LogP contribution in [0.4, 0.5) is 5.82 Å². The molecule has 0 bridgehead atoms. The van der Waals surface area contributed by atoms with Crippen LogP contribution in [0.25, 0.3) is 0 Å². The van der Waals surface area contributed by atoms with E-state index in [1.54, 1.807) is 18.0 Å². The van der Waals surface area contributed by atoms with Gasteiger partial charge in [-0.05, 0) is 27.0 Å². The maximum atomic E-state index is 11.7. The lowest BCUT2D eigenvalue weighted by Crippen LogP contribution is -2.57. The van der Waals surface area contributed by atoms with E-state index in [-0.39, 0.29) is 24.4 Å². The molecular weight excluding hydrogens is 244 g/mol. The summed E-state index contributed by atoms with van der Waals surface area (Å²) in [5, 5.41) is 5.47. The summed E-state index contributed by atoms with van der Waals surface area (Å²) in [7, 11) is 1.86. The molecule has 1 aliphatic heterocycles. The second-order valence-corrected chi connectivity index (χ2v) is 4.64. The molecule has 0 aromatic carbocycles. The maximum absolute atomic E-state index is 11.7. The van der Waals surface area contributed by atoms with E-state index in [0.717, 1.165) is 5.56 Å². The Morgan fingerprint density at radius 3 is 2.95 bits per heavy atom. The van der Waals surface area contributed by atoms with Crippen molar-refractivity contribution in [1.82, 2.24) is 15.6 Å². The minimum atomic E-state index is -0.407. The summed E-state index contributed by atoms with van der Waals surface area (Å²) < 4.78 is 0. The summed E-state index contributed by atoms with van der Waals surface area (Å²) in [5.41, 5.74) is 0.972. The predicted molar refractivity (Wildman–Crippen MR) is 71.7 cm³/mol. The van der Waals surface area contributed by atoms with Gasteiger partial charge in [-0.2, -0.15) is 0 Å². The first-order valence-electron chi connectivity index (χ1n) is 6.27. The van der Waals surface area contributed by atoms with Gasteiger partial charge in [0.2, 0.25) is 11.8 Å². The van der Waals surface area contributed by atoms with Crippen molar-refractivity contribution in [3.8, 4) is 0 Å². The van der Waals surface area contributed by atoms with Gasteiger partial charge in [0.15, 0.2) is 0 Å². The number of aromatic nitrogens is 1. The second kappa shape index (κ2) is 5.36. The third-order valence-electron chi connectivity index (χ3n) is 3.41. The van der Waals surface area contributed by atoms with E-state index in [9.17, 15) is 9.59 Å². The molecule has 0 radical (unpaired) electrons. The summed E-state index contributed by atoms with van der Waals surface area (Å²) in [4.78, 5) is 29.3. The van der Waals surface area contributed by atoms with Crippen molar-refractivity contribution in [3.05, 3.63) is 23.9 Å². The van der Waals surface area contributed by atoms with Crippen molar-refractivity contribution in [2.24, 2.45) is 0 Å². The van der Waals surface area contributed by atoms with Crippen LogP contribution >= 0.6 is 0 Å². The number of anilines is 1. The molecule has 6 nitrogen and oxygen atoms in total. The summed E-state index contributed by atoms with van der Waals surface area (Å²) in [6.45, 7) is 3.93. The molecule has 2 heterocycles. The highest BCUT2D eigenvalue weighted by atomic mass is 16.2. The SMILES string of the molecule is CNC(C)c1cccnc1N1CC(=O)NC(=O)C1C. The Morgan fingerprint density at radius 1 is 1.53 bits per heavy atom. The fourth-order valence-corrected chi connectivity index (χ4v) is 2.12. The van der Waals surface area contributed by atoms with Gasteiger partial charge >= 0.3 is 0 Å². The highest BCUT2D eigenvalue weighted by molar-refractivity contribution is 6.04. The standard InChI is InChI=1S/C13H18N4O2/c1-8(14-3)10-5-4-6-15-12(10)17-7-11(18)16-13(19)9(17)2/h4-6,8-9,14H,7H2,1-3H3,(H,16,18,19). The number of imide groups is 1. The van der Waals surface area contributed by atoms with Crippen LogP contribution in [-0.2, 0) is 9.59 Å². The van der Waals surface area contributed by atoms with Gasteiger partial charge in [0.05, 0.1) is 6.54 Å². The summed E-state index contributed by atoms with van der Waals surface area (Å²) in [6, 6.07) is 3.49. The molecule has 2 unspecified atom stereocenters. The number of carbonyl (C=O) groups is 2. The van der Waals surface area contributed by atoms with Gasteiger partial charge in [-0.25, -0.2) is 4.98 Å². The van der Waals surface area contributed by atoms with Crippen LogP contribution in [0.15, 0.2) is 18.3 Å². The minimum Gasteiger partial charge on any atom is -0.335 e. The normalized spacial score (nSPS) is 21.2. The first-order chi connectivity index (χ1) is 9.04. The van der Waals surface area contributed by atoms with Crippen LogP contribution < -0.4 is 15.5 Å². The zero-order valence-electron chi connectivity index (χ0n) is 11.3. The molecule has 1 fully saturated rings. The molecule has 2 rings (SSSR count). The van der Waals surface area contributed by atoms with Crippen LogP contribution in [0.1, 0.15) is 25.5 Å². The van der Waals surface area contributed by atoms with Gasteiger partial charge in [-0.15, -0.1) is 0 Å². The molecule has 19 heavy (non-hydrogen) atoms. The number of nitrogens with zero attached hydrogens (tertiary/aromatic N) is 2. The highest BCUT2D eigenvalue weighted by Gasteiger charge is 2.32. The number of piperazine rings is 1. The van der Waals surface area contributed by atoms with Crippen molar-refractivity contribution < 1.29 is 9.59 Å². The maximum Gasteiger partial charge on any atom is 0.249 e. The van der Waals surface area contributed by atoms with Crippen molar-refractivity contribution in [2.75, 3.05) is 18.5 Å². The fourth-order valence-electron chi connectivity index (χ4n) is 2.12. The molecule has 0 aliphatic carbocycles. The Hall–Kier alpha value is -1.95. The Morgan fingerprint density at radius 2 is 2.26 bits per heavy atom. The van der Waals surface area contributed by atoms with Crippen molar-refractivity contribution >= 4 is 17.6 Å². The monoisotopic (exact) mass is 262 g/mol. The molecule has 2 N–H and O–H groups in total. The first kappa shape index (κ1) is 13.5. The molecule has 1 saturated heterocycles. The predicted octanol–water partition coefficient (Wildman–Crippen LogP) is 0.213. The van der Waals surface area contributed by atoms with Crippen LogP contribution in [0.3, 0.4) is 0 Å². The molecule has 0 saturated carbocycles. The van der Waals surface area contributed by atoms with Crippen LogP contribution in [-0.4, -0.2) is 36.4 Å². The lowest BCUT2D eigenvalue weighted by Gasteiger charge is -2.34. The fraction of sp³-hybridized carbons (Fsp3) is 0.462. The van der Waals surface area contributed by atoms with E-state index in [1.807, 2.05) is 26.1 Å². The van der Waals surface area contributed by atoms with Crippen LogP contribution in [0, 0.1) is 0 Å². The topological polar surface area (TPSA) is 74.3 Å². The molecule has 1 aromatic rings.